The van der Waals surface area contributed by atoms with Crippen molar-refractivity contribution in [3.8, 4) is 0 Å². The van der Waals surface area contributed by atoms with Crippen molar-refractivity contribution in [2.45, 2.75) is 13.3 Å². The van der Waals surface area contributed by atoms with Crippen LogP contribution in [0.3, 0.4) is 0 Å². The van der Waals surface area contributed by atoms with Crippen molar-refractivity contribution in [2.75, 3.05) is 6.54 Å². The third kappa shape index (κ3) is 4.09. The number of rotatable bonds is 5. The molecule has 8 heteroatoms. The topological polar surface area (TPSA) is 72.2 Å². The first-order chi connectivity index (χ1) is 11.3. The van der Waals surface area contributed by atoms with E-state index in [1.54, 1.807) is 0 Å². The van der Waals surface area contributed by atoms with Crippen LogP contribution >= 0.6 is 0 Å². The summed E-state index contributed by atoms with van der Waals surface area (Å²) < 4.78 is 39.8. The lowest BCUT2D eigenvalue weighted by molar-refractivity contribution is -0.385. The lowest BCUT2D eigenvalue weighted by atomic mass is 10.1. The zero-order valence-electron chi connectivity index (χ0n) is 12.6. The normalized spacial score (nSPS) is 10.5. The van der Waals surface area contributed by atoms with Gasteiger partial charge in [0.1, 0.15) is 17.5 Å². The predicted molar refractivity (Wildman–Crippen MR) is 80.2 cm³/mol. The number of nitrogens with one attached hydrogen (secondary N) is 1. The maximum absolute atomic E-state index is 13.7. The summed E-state index contributed by atoms with van der Waals surface area (Å²) in [7, 11) is 0. The summed E-state index contributed by atoms with van der Waals surface area (Å²) >= 11 is 0. The number of hydrogen-bond donors (Lipinski definition) is 1. The molecule has 2 rings (SSSR count). The summed E-state index contributed by atoms with van der Waals surface area (Å²) in [5.74, 6) is -3.03. The zero-order chi connectivity index (χ0) is 17.9. The van der Waals surface area contributed by atoms with Gasteiger partial charge in [-0.1, -0.05) is 0 Å². The fraction of sp³-hybridized carbons (Fsp3) is 0.188. The van der Waals surface area contributed by atoms with Crippen LogP contribution in [-0.4, -0.2) is 17.4 Å². The first-order valence-electron chi connectivity index (χ1n) is 6.95. The second-order valence-electron chi connectivity index (χ2n) is 5.14. The zero-order valence-corrected chi connectivity index (χ0v) is 12.6. The quantitative estimate of drug-likeness (QED) is 0.672. The van der Waals surface area contributed by atoms with Crippen LogP contribution in [0.2, 0.25) is 0 Å². The molecule has 0 aliphatic carbocycles. The molecule has 0 radical (unpaired) electrons. The summed E-state index contributed by atoms with van der Waals surface area (Å²) in [6.45, 7) is 1.28. The van der Waals surface area contributed by atoms with Crippen molar-refractivity contribution >= 4 is 11.6 Å². The van der Waals surface area contributed by atoms with E-state index >= 15 is 0 Å². The summed E-state index contributed by atoms with van der Waals surface area (Å²) in [6, 6.07) is 4.88. The van der Waals surface area contributed by atoms with E-state index in [0.29, 0.717) is 5.56 Å². The summed E-state index contributed by atoms with van der Waals surface area (Å²) in [5.41, 5.74) is -0.511. The van der Waals surface area contributed by atoms with Crippen LogP contribution in [-0.2, 0) is 6.42 Å². The van der Waals surface area contributed by atoms with Crippen molar-refractivity contribution in [3.63, 3.8) is 0 Å². The summed E-state index contributed by atoms with van der Waals surface area (Å²) in [6.07, 6.45) is 0.150. The van der Waals surface area contributed by atoms with Crippen molar-refractivity contribution in [2.24, 2.45) is 0 Å². The average Bonchev–Trinajstić information content (AvgIpc) is 2.48. The number of nitro groups is 1. The van der Waals surface area contributed by atoms with Crippen LogP contribution in [0.1, 0.15) is 21.5 Å². The molecule has 0 atom stereocenters. The van der Waals surface area contributed by atoms with Crippen LogP contribution in [0.5, 0.6) is 0 Å². The van der Waals surface area contributed by atoms with E-state index in [2.05, 4.69) is 5.32 Å². The van der Waals surface area contributed by atoms with Crippen LogP contribution in [0.15, 0.2) is 30.3 Å². The Bertz CT molecular complexity index is 789. The molecule has 0 saturated heterocycles. The van der Waals surface area contributed by atoms with E-state index < -0.39 is 34.0 Å². The molecule has 0 aliphatic heterocycles. The largest absolute Gasteiger partial charge is 0.352 e. The number of benzene rings is 2. The molecule has 0 saturated carbocycles. The molecule has 2 aromatic carbocycles. The summed E-state index contributed by atoms with van der Waals surface area (Å²) in [5, 5.41) is 13.3. The first-order valence-corrected chi connectivity index (χ1v) is 6.95. The second kappa shape index (κ2) is 7.12. The Morgan fingerprint density at radius 2 is 1.75 bits per heavy atom. The van der Waals surface area contributed by atoms with Crippen molar-refractivity contribution in [1.82, 2.24) is 5.32 Å². The molecular formula is C16H13F3N2O3. The van der Waals surface area contributed by atoms with Gasteiger partial charge in [0.2, 0.25) is 0 Å². The van der Waals surface area contributed by atoms with Crippen molar-refractivity contribution in [3.05, 3.63) is 74.6 Å². The minimum atomic E-state index is -0.860. The molecule has 126 valence electrons. The molecule has 5 nitrogen and oxygen atoms in total. The van der Waals surface area contributed by atoms with Gasteiger partial charge < -0.3 is 5.32 Å². The van der Waals surface area contributed by atoms with Gasteiger partial charge in [-0.05, 0) is 37.1 Å². The predicted octanol–water partition coefficient (Wildman–Crippen LogP) is 3.29. The van der Waals surface area contributed by atoms with Gasteiger partial charge in [0.15, 0.2) is 0 Å². The van der Waals surface area contributed by atoms with Gasteiger partial charge in [0, 0.05) is 24.2 Å². The number of carbonyl (C=O) groups excluding carboxylic acids is 1. The molecule has 0 aliphatic rings. The minimum Gasteiger partial charge on any atom is -0.352 e. The van der Waals surface area contributed by atoms with Crippen LogP contribution in [0, 0.1) is 34.5 Å². The number of halogens is 3. The standard InChI is InChI=1S/C16H13F3N2O3/c1-9-14(19)6-11(7-15(9)21(23)24)16(22)20-3-2-10-4-12(17)8-13(18)5-10/h4-8H,2-3H2,1H3,(H,20,22). The smallest absolute Gasteiger partial charge is 0.276 e. The third-order valence-electron chi connectivity index (χ3n) is 3.40. The third-order valence-corrected chi connectivity index (χ3v) is 3.40. The van der Waals surface area contributed by atoms with Crippen molar-refractivity contribution < 1.29 is 22.9 Å². The van der Waals surface area contributed by atoms with Gasteiger partial charge in [0.05, 0.1) is 10.5 Å². The lowest BCUT2D eigenvalue weighted by Crippen LogP contribution is -2.26. The SMILES string of the molecule is Cc1c(F)cc(C(=O)NCCc2cc(F)cc(F)c2)cc1[N+](=O)[O-]. The Kier molecular flexibility index (Phi) is 5.18. The van der Waals surface area contributed by atoms with E-state index in [1.807, 2.05) is 0 Å². The van der Waals surface area contributed by atoms with E-state index in [4.69, 9.17) is 0 Å². The molecule has 0 aromatic heterocycles. The molecular weight excluding hydrogens is 325 g/mol. The molecule has 0 bridgehead atoms. The summed E-state index contributed by atoms with van der Waals surface area (Å²) in [4.78, 5) is 22.0. The maximum Gasteiger partial charge on any atom is 0.276 e. The molecule has 0 fully saturated rings. The van der Waals surface area contributed by atoms with Gasteiger partial charge in [-0.3, -0.25) is 14.9 Å². The molecule has 1 amide bonds. The van der Waals surface area contributed by atoms with E-state index in [-0.39, 0.29) is 24.1 Å². The fourth-order valence-electron chi connectivity index (χ4n) is 2.16. The molecule has 24 heavy (non-hydrogen) atoms. The highest BCUT2D eigenvalue weighted by Crippen LogP contribution is 2.22. The van der Waals surface area contributed by atoms with Gasteiger partial charge in [-0.2, -0.15) is 0 Å². The first kappa shape index (κ1) is 17.5. The molecule has 1 N–H and O–H groups in total. The average molecular weight is 338 g/mol. The van der Waals surface area contributed by atoms with Gasteiger partial charge in [-0.15, -0.1) is 0 Å². The van der Waals surface area contributed by atoms with Crippen LogP contribution in [0.25, 0.3) is 0 Å². The van der Waals surface area contributed by atoms with Crippen LogP contribution < -0.4 is 5.32 Å². The minimum absolute atomic E-state index is 0.0328. The highest BCUT2D eigenvalue weighted by Gasteiger charge is 2.19. The molecule has 2 aromatic rings. The Morgan fingerprint density at radius 3 is 2.33 bits per heavy atom. The number of nitrogens with zero attached hydrogens (tertiary/aromatic N) is 1. The second-order valence-corrected chi connectivity index (χ2v) is 5.14. The fourth-order valence-corrected chi connectivity index (χ4v) is 2.16. The van der Waals surface area contributed by atoms with Crippen molar-refractivity contribution in [1.29, 1.82) is 0 Å². The number of nitro benzene ring substituents is 1. The maximum atomic E-state index is 13.7. The van der Waals surface area contributed by atoms with Gasteiger partial charge in [-0.25, -0.2) is 13.2 Å². The number of amides is 1. The van der Waals surface area contributed by atoms with Gasteiger partial charge in [0.25, 0.3) is 11.6 Å². The number of carbonyl (C=O) groups is 1. The van der Waals surface area contributed by atoms with Gasteiger partial charge >= 0.3 is 0 Å². The Balaban J connectivity index is 2.06. The lowest BCUT2D eigenvalue weighted by Gasteiger charge is -2.07. The van der Waals surface area contributed by atoms with E-state index in [0.717, 1.165) is 30.3 Å². The Labute approximate surface area is 135 Å². The molecule has 0 unspecified atom stereocenters. The number of hydrogen-bond acceptors (Lipinski definition) is 3. The monoisotopic (exact) mass is 338 g/mol. The van der Waals surface area contributed by atoms with E-state index in [9.17, 15) is 28.1 Å². The highest BCUT2D eigenvalue weighted by atomic mass is 19.1. The highest BCUT2D eigenvalue weighted by molar-refractivity contribution is 5.95. The Hall–Kier alpha value is -2.90. The molecule has 0 heterocycles. The van der Waals surface area contributed by atoms with Crippen LogP contribution in [0.4, 0.5) is 18.9 Å². The Morgan fingerprint density at radius 1 is 1.12 bits per heavy atom. The van der Waals surface area contributed by atoms with E-state index in [1.165, 1.54) is 6.92 Å². The molecule has 0 spiro atoms.